The number of amides is 2. The molecule has 6 nitrogen and oxygen atoms in total. The van der Waals surface area contributed by atoms with Crippen LogP contribution in [0.2, 0.25) is 0 Å². The molecular formula is C18H27N3O3. The van der Waals surface area contributed by atoms with Gasteiger partial charge in [-0.3, -0.25) is 9.59 Å². The lowest BCUT2D eigenvalue weighted by atomic mass is 10.0. The number of aliphatic hydroxyl groups is 1. The number of carbonyl (C=O) groups excluding carboxylic acids is 2. The van der Waals surface area contributed by atoms with Gasteiger partial charge >= 0.3 is 0 Å². The summed E-state index contributed by atoms with van der Waals surface area (Å²) in [7, 11) is 0. The molecule has 0 aromatic heterocycles. The molecule has 2 amide bonds. The van der Waals surface area contributed by atoms with E-state index in [1.807, 2.05) is 32.9 Å². The Morgan fingerprint density at radius 1 is 1.33 bits per heavy atom. The van der Waals surface area contributed by atoms with Crippen molar-refractivity contribution in [2.24, 2.45) is 11.8 Å². The van der Waals surface area contributed by atoms with E-state index in [0.717, 1.165) is 5.56 Å². The molecule has 1 aliphatic rings. The Balaban J connectivity index is 1.95. The zero-order valence-electron chi connectivity index (χ0n) is 14.5. The average molecular weight is 333 g/mol. The zero-order chi connectivity index (χ0) is 17.7. The lowest BCUT2D eigenvalue weighted by molar-refractivity contribution is -0.124. The Hall–Kier alpha value is -1.92. The van der Waals surface area contributed by atoms with E-state index in [2.05, 4.69) is 16.0 Å². The number of rotatable bonds is 6. The van der Waals surface area contributed by atoms with Crippen molar-refractivity contribution >= 4 is 11.8 Å². The van der Waals surface area contributed by atoms with Crippen LogP contribution in [-0.4, -0.2) is 48.7 Å². The van der Waals surface area contributed by atoms with Crippen LogP contribution in [0.3, 0.4) is 0 Å². The third-order valence-corrected chi connectivity index (χ3v) is 4.36. The van der Waals surface area contributed by atoms with Crippen molar-refractivity contribution < 1.29 is 14.7 Å². The van der Waals surface area contributed by atoms with Crippen molar-refractivity contribution in [2.75, 3.05) is 19.6 Å². The molecule has 0 aliphatic carbocycles. The van der Waals surface area contributed by atoms with Gasteiger partial charge in [0.1, 0.15) is 6.04 Å². The predicted molar refractivity (Wildman–Crippen MR) is 92.6 cm³/mol. The van der Waals surface area contributed by atoms with Crippen LogP contribution >= 0.6 is 0 Å². The monoisotopic (exact) mass is 333 g/mol. The predicted octanol–water partition coefficient (Wildman–Crippen LogP) is 0.446. The number of carbonyl (C=O) groups is 2. The highest BCUT2D eigenvalue weighted by Gasteiger charge is 2.28. The molecule has 2 rings (SSSR count). The molecule has 0 saturated carbocycles. The normalized spacial score (nSPS) is 21.5. The van der Waals surface area contributed by atoms with E-state index in [4.69, 9.17) is 0 Å². The molecule has 0 spiro atoms. The van der Waals surface area contributed by atoms with E-state index in [0.29, 0.717) is 25.2 Å². The molecule has 0 radical (unpaired) electrons. The highest BCUT2D eigenvalue weighted by molar-refractivity contribution is 5.97. The van der Waals surface area contributed by atoms with E-state index in [-0.39, 0.29) is 23.7 Å². The number of hydrogen-bond donors (Lipinski definition) is 4. The van der Waals surface area contributed by atoms with Crippen molar-refractivity contribution in [2.45, 2.75) is 32.9 Å². The Bertz CT molecular complexity index is 589. The third-order valence-electron chi connectivity index (χ3n) is 4.36. The summed E-state index contributed by atoms with van der Waals surface area (Å²) in [6.45, 7) is 7.35. The largest absolute Gasteiger partial charge is 0.391 e. The first-order valence-corrected chi connectivity index (χ1v) is 8.42. The number of aryl methyl sites for hydroxylation is 1. The van der Waals surface area contributed by atoms with Gasteiger partial charge in [-0.25, -0.2) is 0 Å². The molecule has 1 aromatic carbocycles. The summed E-state index contributed by atoms with van der Waals surface area (Å²) in [6.07, 6.45) is -0.440. The van der Waals surface area contributed by atoms with Gasteiger partial charge in [0.25, 0.3) is 5.91 Å². The van der Waals surface area contributed by atoms with Crippen LogP contribution < -0.4 is 16.0 Å². The second-order valence-electron chi connectivity index (χ2n) is 6.80. The van der Waals surface area contributed by atoms with Crippen molar-refractivity contribution in [3.63, 3.8) is 0 Å². The third kappa shape index (κ3) is 4.79. The number of nitrogens with one attached hydrogen (secondary N) is 3. The highest BCUT2D eigenvalue weighted by Crippen LogP contribution is 2.09. The first-order valence-electron chi connectivity index (χ1n) is 8.42. The SMILES string of the molecule is Cc1cccc(C(=O)NC(C(=O)NCC2CNCC2O)C(C)C)c1. The molecule has 0 bridgehead atoms. The molecule has 132 valence electrons. The lowest BCUT2D eigenvalue weighted by Crippen LogP contribution is -2.51. The van der Waals surface area contributed by atoms with Gasteiger partial charge in [-0.2, -0.15) is 0 Å². The maximum Gasteiger partial charge on any atom is 0.251 e. The second-order valence-corrected chi connectivity index (χ2v) is 6.80. The highest BCUT2D eigenvalue weighted by atomic mass is 16.3. The standard InChI is InChI=1S/C18H27N3O3/c1-11(2)16(18(24)20-9-14-8-19-10-15(14)22)21-17(23)13-6-4-5-12(3)7-13/h4-7,11,14-16,19,22H,8-10H2,1-3H3,(H,20,24)(H,21,23). The maximum absolute atomic E-state index is 12.5. The minimum absolute atomic E-state index is 0.00855. The molecule has 1 heterocycles. The van der Waals surface area contributed by atoms with Crippen molar-refractivity contribution in [1.82, 2.24) is 16.0 Å². The minimum Gasteiger partial charge on any atom is -0.391 e. The number of hydrogen-bond acceptors (Lipinski definition) is 4. The molecule has 1 saturated heterocycles. The summed E-state index contributed by atoms with van der Waals surface area (Å²) in [6, 6.07) is 6.67. The zero-order valence-corrected chi connectivity index (χ0v) is 14.5. The van der Waals surface area contributed by atoms with Gasteiger partial charge < -0.3 is 21.1 Å². The van der Waals surface area contributed by atoms with E-state index >= 15 is 0 Å². The molecule has 1 fully saturated rings. The van der Waals surface area contributed by atoms with E-state index in [9.17, 15) is 14.7 Å². The molecule has 1 aromatic rings. The van der Waals surface area contributed by atoms with E-state index in [1.165, 1.54) is 0 Å². The van der Waals surface area contributed by atoms with Crippen LogP contribution in [0.25, 0.3) is 0 Å². The Labute approximate surface area is 143 Å². The van der Waals surface area contributed by atoms with Crippen molar-refractivity contribution in [1.29, 1.82) is 0 Å². The summed E-state index contributed by atoms with van der Waals surface area (Å²) >= 11 is 0. The molecule has 6 heteroatoms. The number of β-amino-alcohol motifs (C(OH)–C–C–N with tert-alkyl or cyclic N) is 1. The first-order chi connectivity index (χ1) is 11.4. The number of benzene rings is 1. The minimum atomic E-state index is -0.607. The van der Waals surface area contributed by atoms with Crippen LogP contribution in [0.4, 0.5) is 0 Å². The molecule has 1 aliphatic heterocycles. The maximum atomic E-state index is 12.5. The smallest absolute Gasteiger partial charge is 0.251 e. The van der Waals surface area contributed by atoms with Crippen molar-refractivity contribution in [3.05, 3.63) is 35.4 Å². The average Bonchev–Trinajstić information content (AvgIpc) is 2.95. The fourth-order valence-electron chi connectivity index (χ4n) is 2.81. The van der Waals surface area contributed by atoms with Gasteiger partial charge in [-0.15, -0.1) is 0 Å². The van der Waals surface area contributed by atoms with Crippen LogP contribution in [0.5, 0.6) is 0 Å². The fraction of sp³-hybridized carbons (Fsp3) is 0.556. The quantitative estimate of drug-likeness (QED) is 0.608. The lowest BCUT2D eigenvalue weighted by Gasteiger charge is -2.23. The van der Waals surface area contributed by atoms with Crippen LogP contribution in [0.15, 0.2) is 24.3 Å². The van der Waals surface area contributed by atoms with Gasteiger partial charge in [0.15, 0.2) is 0 Å². The summed E-state index contributed by atoms with van der Waals surface area (Å²) in [5, 5.41) is 18.5. The molecule has 4 N–H and O–H groups in total. The van der Waals surface area contributed by atoms with Gasteiger partial charge in [0.2, 0.25) is 5.91 Å². The molecule has 24 heavy (non-hydrogen) atoms. The van der Waals surface area contributed by atoms with Crippen LogP contribution in [0.1, 0.15) is 29.8 Å². The summed E-state index contributed by atoms with van der Waals surface area (Å²) in [4.78, 5) is 24.8. The molecule has 3 atom stereocenters. The van der Waals surface area contributed by atoms with Gasteiger partial charge in [-0.05, 0) is 25.0 Å². The Morgan fingerprint density at radius 2 is 2.08 bits per heavy atom. The summed E-state index contributed by atoms with van der Waals surface area (Å²) in [5.74, 6) is -0.500. The van der Waals surface area contributed by atoms with Gasteiger partial charge in [-0.1, -0.05) is 31.5 Å². The molecule has 3 unspecified atom stereocenters. The first kappa shape index (κ1) is 18.4. The summed E-state index contributed by atoms with van der Waals surface area (Å²) < 4.78 is 0. The van der Waals surface area contributed by atoms with E-state index < -0.39 is 12.1 Å². The summed E-state index contributed by atoms with van der Waals surface area (Å²) in [5.41, 5.74) is 1.54. The number of aliphatic hydroxyl groups excluding tert-OH is 1. The topological polar surface area (TPSA) is 90.5 Å². The van der Waals surface area contributed by atoms with Crippen LogP contribution in [-0.2, 0) is 4.79 Å². The Kier molecular flexibility index (Phi) is 6.34. The fourth-order valence-corrected chi connectivity index (χ4v) is 2.81. The second kappa shape index (κ2) is 8.26. The van der Waals surface area contributed by atoms with Crippen LogP contribution in [0, 0.1) is 18.8 Å². The van der Waals surface area contributed by atoms with E-state index in [1.54, 1.807) is 12.1 Å². The Morgan fingerprint density at radius 3 is 2.67 bits per heavy atom. The van der Waals surface area contributed by atoms with Gasteiger partial charge in [0, 0.05) is 31.1 Å². The van der Waals surface area contributed by atoms with Crippen molar-refractivity contribution in [3.8, 4) is 0 Å². The molecular weight excluding hydrogens is 306 g/mol. The van der Waals surface area contributed by atoms with Gasteiger partial charge in [0.05, 0.1) is 6.10 Å².